The minimum atomic E-state index is 0.299. The Morgan fingerprint density at radius 2 is 1.70 bits per heavy atom. The molecule has 0 saturated heterocycles. The Hall–Kier alpha value is -1.88. The van der Waals surface area contributed by atoms with Crippen LogP contribution in [0.25, 0.3) is 10.8 Å². The number of halogens is 1. The summed E-state index contributed by atoms with van der Waals surface area (Å²) in [5.41, 5.74) is 1.90. The zero-order chi connectivity index (χ0) is 13.9. The molecular weight excluding hydrogens is 361 g/mol. The molecule has 0 amide bonds. The molecule has 98 valence electrons. The monoisotopic (exact) mass is 373 g/mol. The van der Waals surface area contributed by atoms with Gasteiger partial charge in [0.05, 0.1) is 9.26 Å². The van der Waals surface area contributed by atoms with Gasteiger partial charge in [0, 0.05) is 6.21 Å². The van der Waals surface area contributed by atoms with Crippen LogP contribution in [0, 0.1) is 3.57 Å². The maximum Gasteiger partial charge on any atom is 0.128 e. The average molecular weight is 373 g/mol. The highest BCUT2D eigenvalue weighted by atomic mass is 127. The average Bonchev–Trinajstić information content (AvgIpc) is 2.48. The standard InChI is InChI=1S/C17H12INO/c18-16-9-12(5-8-17(16)20)11-19-15-7-6-13-3-1-2-4-14(13)10-15/h1-11,20H. The molecule has 0 bridgehead atoms. The van der Waals surface area contributed by atoms with Crippen LogP contribution in [-0.4, -0.2) is 11.3 Å². The quantitative estimate of drug-likeness (QED) is 0.503. The molecule has 0 atom stereocenters. The van der Waals surface area contributed by atoms with Gasteiger partial charge in [-0.2, -0.15) is 0 Å². The van der Waals surface area contributed by atoms with Gasteiger partial charge in [-0.1, -0.05) is 30.3 Å². The molecule has 3 aromatic rings. The van der Waals surface area contributed by atoms with E-state index in [2.05, 4.69) is 51.8 Å². The summed E-state index contributed by atoms with van der Waals surface area (Å²) in [6.07, 6.45) is 1.81. The van der Waals surface area contributed by atoms with Gasteiger partial charge < -0.3 is 5.11 Å². The summed E-state index contributed by atoms with van der Waals surface area (Å²) in [5, 5.41) is 11.9. The largest absolute Gasteiger partial charge is 0.507 e. The molecule has 0 radical (unpaired) electrons. The SMILES string of the molecule is Oc1ccc(C=Nc2ccc3ccccc3c2)cc1I. The zero-order valence-electron chi connectivity index (χ0n) is 10.6. The van der Waals surface area contributed by atoms with Crippen molar-refractivity contribution in [2.75, 3.05) is 0 Å². The Labute approximate surface area is 130 Å². The number of phenolic OH excluding ortho intramolecular Hbond substituents is 1. The predicted molar refractivity (Wildman–Crippen MR) is 92.0 cm³/mol. The maximum atomic E-state index is 9.50. The Balaban J connectivity index is 1.91. The fourth-order valence-corrected chi connectivity index (χ4v) is 2.55. The Morgan fingerprint density at radius 3 is 2.50 bits per heavy atom. The van der Waals surface area contributed by atoms with E-state index in [0.29, 0.717) is 5.75 Å². The summed E-state index contributed by atoms with van der Waals surface area (Å²) in [4.78, 5) is 4.49. The van der Waals surface area contributed by atoms with E-state index in [1.165, 1.54) is 10.8 Å². The minimum Gasteiger partial charge on any atom is -0.507 e. The van der Waals surface area contributed by atoms with Crippen LogP contribution in [-0.2, 0) is 0 Å². The van der Waals surface area contributed by atoms with Crippen molar-refractivity contribution in [2.45, 2.75) is 0 Å². The summed E-state index contributed by atoms with van der Waals surface area (Å²) in [6, 6.07) is 19.8. The Bertz CT molecular complexity index is 796. The third-order valence-corrected chi connectivity index (χ3v) is 3.93. The van der Waals surface area contributed by atoms with E-state index in [1.54, 1.807) is 6.07 Å². The van der Waals surface area contributed by atoms with Gasteiger partial charge in [-0.15, -0.1) is 0 Å². The lowest BCUT2D eigenvalue weighted by atomic mass is 10.1. The van der Waals surface area contributed by atoms with E-state index in [0.717, 1.165) is 14.8 Å². The number of benzene rings is 3. The molecule has 3 rings (SSSR count). The molecule has 3 heteroatoms. The summed E-state index contributed by atoms with van der Waals surface area (Å²) >= 11 is 2.10. The lowest BCUT2D eigenvalue weighted by Gasteiger charge is -2.00. The van der Waals surface area contributed by atoms with Crippen LogP contribution < -0.4 is 0 Å². The molecule has 2 nitrogen and oxygen atoms in total. The number of nitrogens with zero attached hydrogens (tertiary/aromatic N) is 1. The maximum absolute atomic E-state index is 9.50. The van der Waals surface area contributed by atoms with Crippen LogP contribution in [0.2, 0.25) is 0 Å². The van der Waals surface area contributed by atoms with Crippen LogP contribution in [0.1, 0.15) is 5.56 Å². The van der Waals surface area contributed by atoms with Gasteiger partial charge in [-0.3, -0.25) is 4.99 Å². The molecule has 3 aromatic carbocycles. The first kappa shape index (κ1) is 13.1. The van der Waals surface area contributed by atoms with Crippen LogP contribution >= 0.6 is 22.6 Å². The first-order valence-electron chi connectivity index (χ1n) is 6.24. The predicted octanol–water partition coefficient (Wildman–Crippen LogP) is 4.90. The lowest BCUT2D eigenvalue weighted by Crippen LogP contribution is -1.82. The van der Waals surface area contributed by atoms with Gasteiger partial charge in [0.15, 0.2) is 0 Å². The topological polar surface area (TPSA) is 32.6 Å². The highest BCUT2D eigenvalue weighted by molar-refractivity contribution is 14.1. The van der Waals surface area contributed by atoms with E-state index >= 15 is 0 Å². The van der Waals surface area contributed by atoms with Gasteiger partial charge in [-0.05, 0) is 69.3 Å². The smallest absolute Gasteiger partial charge is 0.128 e. The number of fused-ring (bicyclic) bond motifs is 1. The lowest BCUT2D eigenvalue weighted by molar-refractivity contribution is 0.471. The summed E-state index contributed by atoms with van der Waals surface area (Å²) in [6.45, 7) is 0. The molecule has 0 saturated carbocycles. The van der Waals surface area contributed by atoms with E-state index in [-0.39, 0.29) is 0 Å². The van der Waals surface area contributed by atoms with Gasteiger partial charge in [0.2, 0.25) is 0 Å². The second-order valence-corrected chi connectivity index (χ2v) is 5.66. The van der Waals surface area contributed by atoms with E-state index in [1.807, 2.05) is 36.5 Å². The highest BCUT2D eigenvalue weighted by Gasteiger charge is 1.98. The number of aliphatic imine (C=N–C) groups is 1. The number of aromatic hydroxyl groups is 1. The van der Waals surface area contributed by atoms with Crippen molar-refractivity contribution in [2.24, 2.45) is 4.99 Å². The van der Waals surface area contributed by atoms with Gasteiger partial charge in [-0.25, -0.2) is 0 Å². The van der Waals surface area contributed by atoms with Gasteiger partial charge in [0.25, 0.3) is 0 Å². The molecule has 0 spiro atoms. The molecule has 0 aliphatic heterocycles. The second kappa shape index (κ2) is 5.63. The molecule has 0 fully saturated rings. The van der Waals surface area contributed by atoms with Crippen molar-refractivity contribution in [3.63, 3.8) is 0 Å². The van der Waals surface area contributed by atoms with Crippen molar-refractivity contribution in [1.82, 2.24) is 0 Å². The number of phenols is 1. The van der Waals surface area contributed by atoms with Gasteiger partial charge in [0.1, 0.15) is 5.75 Å². The van der Waals surface area contributed by atoms with Crippen LogP contribution in [0.15, 0.2) is 65.7 Å². The molecule has 0 aliphatic rings. The second-order valence-electron chi connectivity index (χ2n) is 4.50. The minimum absolute atomic E-state index is 0.299. The normalized spacial score (nSPS) is 11.2. The molecule has 0 unspecified atom stereocenters. The fourth-order valence-electron chi connectivity index (χ4n) is 2.01. The van der Waals surface area contributed by atoms with Crippen LogP contribution in [0.4, 0.5) is 5.69 Å². The Morgan fingerprint density at radius 1 is 0.900 bits per heavy atom. The summed E-state index contributed by atoms with van der Waals surface area (Å²) in [7, 11) is 0. The molecule has 0 heterocycles. The molecule has 0 aliphatic carbocycles. The third kappa shape index (κ3) is 2.82. The van der Waals surface area contributed by atoms with Crippen molar-refractivity contribution in [3.8, 4) is 5.75 Å². The van der Waals surface area contributed by atoms with E-state index in [4.69, 9.17) is 0 Å². The first-order chi connectivity index (χ1) is 9.72. The van der Waals surface area contributed by atoms with E-state index < -0.39 is 0 Å². The summed E-state index contributed by atoms with van der Waals surface area (Å²) < 4.78 is 0.824. The molecule has 0 aromatic heterocycles. The Kier molecular flexibility index (Phi) is 3.69. The first-order valence-corrected chi connectivity index (χ1v) is 7.32. The molecule has 1 N–H and O–H groups in total. The molecule has 20 heavy (non-hydrogen) atoms. The van der Waals surface area contributed by atoms with Crippen LogP contribution in [0.3, 0.4) is 0 Å². The fraction of sp³-hybridized carbons (Fsp3) is 0. The number of hydrogen-bond acceptors (Lipinski definition) is 2. The number of rotatable bonds is 2. The van der Waals surface area contributed by atoms with Gasteiger partial charge >= 0.3 is 0 Å². The third-order valence-electron chi connectivity index (χ3n) is 3.07. The zero-order valence-corrected chi connectivity index (χ0v) is 12.8. The van der Waals surface area contributed by atoms with Crippen molar-refractivity contribution < 1.29 is 5.11 Å². The van der Waals surface area contributed by atoms with Crippen molar-refractivity contribution >= 4 is 45.3 Å². The highest BCUT2D eigenvalue weighted by Crippen LogP contribution is 2.22. The van der Waals surface area contributed by atoms with Crippen molar-refractivity contribution in [3.05, 3.63) is 69.8 Å². The van der Waals surface area contributed by atoms with E-state index in [9.17, 15) is 5.11 Å². The van der Waals surface area contributed by atoms with Crippen LogP contribution in [0.5, 0.6) is 5.75 Å². The van der Waals surface area contributed by atoms with Crippen molar-refractivity contribution in [1.29, 1.82) is 0 Å². The molecular formula is C17H12INO. The number of hydrogen-bond donors (Lipinski definition) is 1. The summed E-state index contributed by atoms with van der Waals surface area (Å²) in [5.74, 6) is 0.299.